The number of methoxy groups -OCH3 is 1. The zero-order valence-electron chi connectivity index (χ0n) is 16.2. The molecule has 1 aromatic rings. The second kappa shape index (κ2) is 14.4. The van der Waals surface area contributed by atoms with Crippen LogP contribution in [-0.2, 0) is 9.47 Å². The summed E-state index contributed by atoms with van der Waals surface area (Å²) < 4.78 is 11.0. The topological polar surface area (TPSA) is 58.1 Å². The van der Waals surface area contributed by atoms with Crippen molar-refractivity contribution in [2.45, 2.75) is 19.4 Å². The zero-order chi connectivity index (χ0) is 18.6. The van der Waals surface area contributed by atoms with Gasteiger partial charge in [-0.15, -0.1) is 24.0 Å². The van der Waals surface area contributed by atoms with E-state index in [0.717, 1.165) is 63.9 Å². The quantitative estimate of drug-likeness (QED) is 0.232. The number of guanidine groups is 1. The number of benzene rings is 1. The minimum atomic E-state index is -0.113. The number of ether oxygens (including phenoxy) is 2. The van der Waals surface area contributed by atoms with Gasteiger partial charge in [-0.1, -0.05) is 23.7 Å². The summed E-state index contributed by atoms with van der Waals surface area (Å²) in [5.41, 5.74) is 1.03. The predicted octanol–water partition coefficient (Wildman–Crippen LogP) is 2.92. The first-order chi connectivity index (χ1) is 12.7. The van der Waals surface area contributed by atoms with Crippen LogP contribution in [0, 0.1) is 0 Å². The van der Waals surface area contributed by atoms with E-state index in [4.69, 9.17) is 21.1 Å². The predicted molar refractivity (Wildman–Crippen MR) is 122 cm³/mol. The fourth-order valence-electron chi connectivity index (χ4n) is 2.87. The highest BCUT2D eigenvalue weighted by Gasteiger charge is 2.12. The molecule has 0 saturated carbocycles. The van der Waals surface area contributed by atoms with E-state index in [-0.39, 0.29) is 30.1 Å². The van der Waals surface area contributed by atoms with E-state index in [9.17, 15) is 0 Å². The molecular formula is C19H32ClIN4O2. The Labute approximate surface area is 185 Å². The first kappa shape index (κ1) is 24.4. The van der Waals surface area contributed by atoms with E-state index in [1.807, 2.05) is 24.3 Å². The molecule has 27 heavy (non-hydrogen) atoms. The van der Waals surface area contributed by atoms with Crippen LogP contribution in [0.15, 0.2) is 29.3 Å². The molecule has 0 bridgehead atoms. The Morgan fingerprint density at radius 1 is 1.33 bits per heavy atom. The van der Waals surface area contributed by atoms with Gasteiger partial charge in [-0.05, 0) is 37.6 Å². The average Bonchev–Trinajstić information content (AvgIpc) is 2.66. The van der Waals surface area contributed by atoms with Crippen LogP contribution in [0.1, 0.15) is 25.0 Å². The number of hydrogen-bond acceptors (Lipinski definition) is 4. The summed E-state index contributed by atoms with van der Waals surface area (Å²) in [6.45, 7) is 9.15. The first-order valence-corrected chi connectivity index (χ1v) is 9.71. The van der Waals surface area contributed by atoms with Crippen LogP contribution in [0.2, 0.25) is 5.02 Å². The van der Waals surface area contributed by atoms with Crippen molar-refractivity contribution >= 4 is 41.5 Å². The van der Waals surface area contributed by atoms with Crippen LogP contribution >= 0.6 is 35.6 Å². The molecule has 2 N–H and O–H groups in total. The lowest BCUT2D eigenvalue weighted by atomic mass is 10.1. The normalized spacial score (nSPS) is 16.5. The molecule has 154 valence electrons. The zero-order valence-corrected chi connectivity index (χ0v) is 19.3. The van der Waals surface area contributed by atoms with Crippen molar-refractivity contribution in [3.05, 3.63) is 34.9 Å². The third kappa shape index (κ3) is 9.43. The standard InChI is InChI=1S/C19H31ClN4O2.HI/c1-3-21-19(22-8-5-9-24-10-12-26-13-11-24)23-15-18(25-2)16-6-4-7-17(20)14-16;/h4,6-7,14,18H,3,5,8-13,15H2,1-2H3,(H2,21,22,23);1H. The molecule has 1 fully saturated rings. The SMILES string of the molecule is CCNC(=NCC(OC)c1cccc(Cl)c1)NCCCN1CCOCC1.I. The number of rotatable bonds is 9. The van der Waals surface area contributed by atoms with Crippen molar-refractivity contribution in [2.24, 2.45) is 4.99 Å². The Hall–Kier alpha value is -0.610. The Bertz CT molecular complexity index is 556. The Morgan fingerprint density at radius 3 is 2.78 bits per heavy atom. The van der Waals surface area contributed by atoms with Crippen molar-refractivity contribution in [3.63, 3.8) is 0 Å². The van der Waals surface area contributed by atoms with Gasteiger partial charge in [0.1, 0.15) is 6.10 Å². The monoisotopic (exact) mass is 510 g/mol. The molecule has 1 aliphatic heterocycles. The van der Waals surface area contributed by atoms with Crippen LogP contribution in [0.25, 0.3) is 0 Å². The van der Waals surface area contributed by atoms with Gasteiger partial charge >= 0.3 is 0 Å². The molecule has 1 heterocycles. The van der Waals surface area contributed by atoms with Crippen molar-refractivity contribution < 1.29 is 9.47 Å². The summed E-state index contributed by atoms with van der Waals surface area (Å²) in [7, 11) is 1.70. The van der Waals surface area contributed by atoms with Gasteiger partial charge in [0.05, 0.1) is 19.8 Å². The van der Waals surface area contributed by atoms with E-state index in [1.165, 1.54) is 0 Å². The molecule has 0 aliphatic carbocycles. The van der Waals surface area contributed by atoms with Crippen molar-refractivity contribution in [2.75, 3.05) is 59.6 Å². The largest absolute Gasteiger partial charge is 0.379 e. The van der Waals surface area contributed by atoms with Gasteiger partial charge < -0.3 is 20.1 Å². The van der Waals surface area contributed by atoms with E-state index in [1.54, 1.807) is 7.11 Å². The van der Waals surface area contributed by atoms with Crippen LogP contribution < -0.4 is 10.6 Å². The Morgan fingerprint density at radius 2 is 2.11 bits per heavy atom. The molecule has 0 radical (unpaired) electrons. The number of halogens is 2. The highest BCUT2D eigenvalue weighted by Crippen LogP contribution is 2.20. The number of morpholine rings is 1. The third-order valence-corrected chi connectivity index (χ3v) is 4.55. The maximum Gasteiger partial charge on any atom is 0.191 e. The smallest absolute Gasteiger partial charge is 0.191 e. The van der Waals surface area contributed by atoms with Crippen LogP contribution in [-0.4, -0.2) is 70.5 Å². The second-order valence-corrected chi connectivity index (χ2v) is 6.67. The lowest BCUT2D eigenvalue weighted by molar-refractivity contribution is 0.0376. The van der Waals surface area contributed by atoms with E-state index in [2.05, 4.69) is 27.4 Å². The second-order valence-electron chi connectivity index (χ2n) is 6.23. The molecule has 1 aliphatic rings. The fourth-order valence-corrected chi connectivity index (χ4v) is 3.07. The molecule has 1 saturated heterocycles. The maximum absolute atomic E-state index is 6.08. The van der Waals surface area contributed by atoms with Crippen molar-refractivity contribution in [1.82, 2.24) is 15.5 Å². The lowest BCUT2D eigenvalue weighted by Gasteiger charge is -2.26. The van der Waals surface area contributed by atoms with Crippen LogP contribution in [0.3, 0.4) is 0 Å². The molecule has 0 spiro atoms. The number of hydrogen-bond donors (Lipinski definition) is 2. The molecule has 2 rings (SSSR count). The van der Waals surface area contributed by atoms with Gasteiger partial charge in [0.15, 0.2) is 5.96 Å². The summed E-state index contributed by atoms with van der Waals surface area (Å²) in [6.07, 6.45) is 0.962. The van der Waals surface area contributed by atoms with E-state index >= 15 is 0 Å². The summed E-state index contributed by atoms with van der Waals surface area (Å²) in [5, 5.41) is 7.40. The average molecular weight is 511 g/mol. The lowest BCUT2D eigenvalue weighted by Crippen LogP contribution is -2.41. The van der Waals surface area contributed by atoms with Crippen molar-refractivity contribution in [1.29, 1.82) is 0 Å². The van der Waals surface area contributed by atoms with Gasteiger partial charge in [-0.2, -0.15) is 0 Å². The molecule has 1 unspecified atom stereocenters. The minimum Gasteiger partial charge on any atom is -0.379 e. The fraction of sp³-hybridized carbons (Fsp3) is 0.632. The molecule has 0 aromatic heterocycles. The summed E-state index contributed by atoms with van der Waals surface area (Å²) in [5.74, 6) is 0.818. The number of nitrogens with one attached hydrogen (secondary N) is 2. The molecule has 0 amide bonds. The number of nitrogens with zero attached hydrogens (tertiary/aromatic N) is 2. The molecule has 8 heteroatoms. The van der Waals surface area contributed by atoms with E-state index in [0.29, 0.717) is 11.6 Å². The van der Waals surface area contributed by atoms with Gasteiger partial charge in [-0.3, -0.25) is 9.89 Å². The summed E-state index contributed by atoms with van der Waals surface area (Å²) in [6, 6.07) is 7.73. The highest BCUT2D eigenvalue weighted by molar-refractivity contribution is 14.0. The maximum atomic E-state index is 6.08. The Balaban J connectivity index is 0.00000364. The van der Waals surface area contributed by atoms with Gasteiger partial charge in [0, 0.05) is 38.3 Å². The van der Waals surface area contributed by atoms with Crippen molar-refractivity contribution in [3.8, 4) is 0 Å². The van der Waals surface area contributed by atoms with Crippen LogP contribution in [0.5, 0.6) is 0 Å². The van der Waals surface area contributed by atoms with Gasteiger partial charge in [0.25, 0.3) is 0 Å². The highest BCUT2D eigenvalue weighted by atomic mass is 127. The molecule has 1 atom stereocenters. The first-order valence-electron chi connectivity index (χ1n) is 9.33. The molecule has 1 aromatic carbocycles. The van der Waals surface area contributed by atoms with Gasteiger partial charge in [-0.25, -0.2) is 0 Å². The minimum absolute atomic E-state index is 0. The number of aliphatic imine (C=N–C) groups is 1. The van der Waals surface area contributed by atoms with Gasteiger partial charge in [0.2, 0.25) is 0 Å². The van der Waals surface area contributed by atoms with Crippen LogP contribution in [0.4, 0.5) is 0 Å². The Kier molecular flexibility index (Phi) is 13.0. The molecule has 6 nitrogen and oxygen atoms in total. The van der Waals surface area contributed by atoms with E-state index < -0.39 is 0 Å². The summed E-state index contributed by atoms with van der Waals surface area (Å²) >= 11 is 6.08. The summed E-state index contributed by atoms with van der Waals surface area (Å²) in [4.78, 5) is 7.11. The third-order valence-electron chi connectivity index (χ3n) is 4.31. The molecular weight excluding hydrogens is 479 g/mol.